The summed E-state index contributed by atoms with van der Waals surface area (Å²) in [6.45, 7) is 2.24. The third-order valence-electron chi connectivity index (χ3n) is 5.07. The number of carboxylic acid groups (broad SMARTS) is 1. The molecule has 1 aromatic heterocycles. The zero-order chi connectivity index (χ0) is 19.1. The number of amides is 1. The van der Waals surface area contributed by atoms with Gasteiger partial charge >= 0.3 is 5.97 Å². The van der Waals surface area contributed by atoms with Gasteiger partial charge in [-0.15, -0.1) is 0 Å². The zero-order valence-electron chi connectivity index (χ0n) is 14.6. The lowest BCUT2D eigenvalue weighted by Gasteiger charge is -2.16. The minimum Gasteiger partial charge on any atom is -0.481 e. The Labute approximate surface area is 154 Å². The number of fused-ring (bicyclic) bond motifs is 1. The summed E-state index contributed by atoms with van der Waals surface area (Å²) in [6, 6.07) is 11.0. The molecule has 4 rings (SSSR count). The number of carbonyl (C=O) groups is 2. The first kappa shape index (κ1) is 17.2. The summed E-state index contributed by atoms with van der Waals surface area (Å²) in [6.07, 6.45) is 0. The number of rotatable bonds is 3. The smallest absolute Gasteiger partial charge is 0.308 e. The van der Waals surface area contributed by atoms with E-state index in [1.807, 2.05) is 6.92 Å². The predicted octanol–water partition coefficient (Wildman–Crippen LogP) is 2.95. The van der Waals surface area contributed by atoms with Crippen molar-refractivity contribution in [3.8, 4) is 0 Å². The maximum absolute atomic E-state index is 13.2. The number of hydrogen-bond donors (Lipinski definition) is 2. The number of likely N-dealkylation sites (tertiary alicyclic amines) is 1. The summed E-state index contributed by atoms with van der Waals surface area (Å²) in [4.78, 5) is 33.6. The van der Waals surface area contributed by atoms with Gasteiger partial charge < -0.3 is 15.0 Å². The van der Waals surface area contributed by atoms with E-state index in [-0.39, 0.29) is 30.7 Å². The molecule has 0 spiro atoms. The van der Waals surface area contributed by atoms with Crippen molar-refractivity contribution < 1.29 is 19.1 Å². The first-order valence-corrected chi connectivity index (χ1v) is 8.66. The van der Waals surface area contributed by atoms with Gasteiger partial charge in [0.2, 0.25) is 0 Å². The Balaban J connectivity index is 1.61. The maximum Gasteiger partial charge on any atom is 0.308 e. The van der Waals surface area contributed by atoms with Crippen LogP contribution in [0.4, 0.5) is 4.39 Å². The fourth-order valence-electron chi connectivity index (χ4n) is 3.72. The largest absolute Gasteiger partial charge is 0.481 e. The van der Waals surface area contributed by atoms with Crippen LogP contribution in [0.3, 0.4) is 0 Å². The molecular formula is C20H18FN3O3. The topological polar surface area (TPSA) is 86.3 Å². The summed E-state index contributed by atoms with van der Waals surface area (Å²) < 4.78 is 13.2. The number of benzene rings is 2. The number of carboxylic acids is 1. The van der Waals surface area contributed by atoms with Crippen molar-refractivity contribution in [3.05, 3.63) is 65.2 Å². The third-order valence-corrected chi connectivity index (χ3v) is 5.07. The van der Waals surface area contributed by atoms with Crippen LogP contribution in [0, 0.1) is 18.7 Å². The van der Waals surface area contributed by atoms with E-state index in [0.717, 1.165) is 22.4 Å². The second-order valence-corrected chi connectivity index (χ2v) is 6.87. The number of aromatic nitrogens is 2. The van der Waals surface area contributed by atoms with Gasteiger partial charge in [0.25, 0.3) is 5.91 Å². The molecule has 27 heavy (non-hydrogen) atoms. The van der Waals surface area contributed by atoms with Gasteiger partial charge in [0.15, 0.2) is 0 Å². The number of nitrogens with zero attached hydrogens (tertiary/aromatic N) is 2. The number of aromatic amines is 1. The Morgan fingerprint density at radius 1 is 1.19 bits per heavy atom. The molecule has 2 atom stereocenters. The van der Waals surface area contributed by atoms with Crippen molar-refractivity contribution in [1.29, 1.82) is 0 Å². The second-order valence-electron chi connectivity index (χ2n) is 6.87. The van der Waals surface area contributed by atoms with Gasteiger partial charge in [-0.1, -0.05) is 12.1 Å². The van der Waals surface area contributed by atoms with Gasteiger partial charge in [0.05, 0.1) is 17.0 Å². The highest BCUT2D eigenvalue weighted by atomic mass is 19.1. The highest BCUT2D eigenvalue weighted by molar-refractivity contribution is 5.98. The van der Waals surface area contributed by atoms with Gasteiger partial charge in [-0.3, -0.25) is 9.59 Å². The Morgan fingerprint density at radius 2 is 1.93 bits per heavy atom. The van der Waals surface area contributed by atoms with Gasteiger partial charge in [0.1, 0.15) is 11.6 Å². The molecule has 0 radical (unpaired) electrons. The van der Waals surface area contributed by atoms with Crippen LogP contribution in [-0.2, 0) is 4.79 Å². The highest BCUT2D eigenvalue weighted by Gasteiger charge is 2.40. The van der Waals surface area contributed by atoms with Crippen LogP contribution in [0.1, 0.15) is 27.7 Å². The zero-order valence-corrected chi connectivity index (χ0v) is 14.6. The minimum atomic E-state index is -0.959. The molecule has 1 saturated heterocycles. The Morgan fingerprint density at radius 3 is 2.63 bits per heavy atom. The third kappa shape index (κ3) is 3.16. The quantitative estimate of drug-likeness (QED) is 0.745. The summed E-state index contributed by atoms with van der Waals surface area (Å²) in [5, 5.41) is 9.59. The molecule has 1 amide bonds. The van der Waals surface area contributed by atoms with Gasteiger partial charge in [-0.05, 0) is 42.8 Å². The van der Waals surface area contributed by atoms with E-state index in [0.29, 0.717) is 5.56 Å². The first-order chi connectivity index (χ1) is 12.9. The number of H-pyrrole nitrogens is 1. The molecule has 2 aromatic carbocycles. The number of aliphatic carboxylic acids is 1. The number of imidazole rings is 1. The van der Waals surface area contributed by atoms with Crippen molar-refractivity contribution in [1.82, 2.24) is 14.9 Å². The van der Waals surface area contributed by atoms with E-state index >= 15 is 0 Å². The van der Waals surface area contributed by atoms with E-state index in [1.54, 1.807) is 35.2 Å². The van der Waals surface area contributed by atoms with Crippen LogP contribution in [0.15, 0.2) is 42.5 Å². The van der Waals surface area contributed by atoms with Crippen LogP contribution >= 0.6 is 0 Å². The van der Waals surface area contributed by atoms with Crippen molar-refractivity contribution in [2.75, 3.05) is 13.1 Å². The van der Waals surface area contributed by atoms with E-state index in [2.05, 4.69) is 9.97 Å². The molecule has 1 aliphatic heterocycles. The van der Waals surface area contributed by atoms with Crippen LogP contribution < -0.4 is 0 Å². The van der Waals surface area contributed by atoms with Gasteiger partial charge in [0, 0.05) is 24.6 Å². The number of hydrogen-bond acceptors (Lipinski definition) is 3. The average molecular weight is 367 g/mol. The Kier molecular flexibility index (Phi) is 4.14. The summed E-state index contributed by atoms with van der Waals surface area (Å²) >= 11 is 0. The molecule has 0 saturated carbocycles. The van der Waals surface area contributed by atoms with Gasteiger partial charge in [-0.25, -0.2) is 9.37 Å². The first-order valence-electron chi connectivity index (χ1n) is 8.66. The molecule has 2 N–H and O–H groups in total. The molecular weight excluding hydrogens is 349 g/mol. The number of aryl methyl sites for hydroxylation is 1. The lowest BCUT2D eigenvalue weighted by Crippen LogP contribution is -2.29. The van der Waals surface area contributed by atoms with Crippen molar-refractivity contribution in [3.63, 3.8) is 0 Å². The molecule has 0 unspecified atom stereocenters. The van der Waals surface area contributed by atoms with Gasteiger partial charge in [-0.2, -0.15) is 0 Å². The molecule has 2 heterocycles. The molecule has 0 bridgehead atoms. The SMILES string of the molecule is Cc1nc2ccc(C(=O)N3C[C@H](C(=O)O)[C@@H](c4ccc(F)cc4)C3)cc2[nH]1. The summed E-state index contributed by atoms with van der Waals surface area (Å²) in [5.74, 6) is -1.89. The normalized spacial score (nSPS) is 19.6. The van der Waals surface area contributed by atoms with Crippen LogP contribution in [0.5, 0.6) is 0 Å². The minimum absolute atomic E-state index is 0.121. The lowest BCUT2D eigenvalue weighted by molar-refractivity contribution is -0.141. The van der Waals surface area contributed by atoms with Crippen molar-refractivity contribution in [2.45, 2.75) is 12.8 Å². The molecule has 138 valence electrons. The van der Waals surface area contributed by atoms with Crippen LogP contribution in [-0.4, -0.2) is 44.9 Å². The standard InChI is InChI=1S/C20H18FN3O3/c1-11-22-17-7-4-13(8-18(17)23-11)19(25)24-9-15(16(10-24)20(26)27)12-2-5-14(21)6-3-12/h2-8,15-16H,9-10H2,1H3,(H,22,23)(H,26,27)/t15-,16+/m1/s1. The molecule has 1 fully saturated rings. The predicted molar refractivity (Wildman–Crippen MR) is 97.0 cm³/mol. The van der Waals surface area contributed by atoms with Crippen molar-refractivity contribution in [2.24, 2.45) is 5.92 Å². The van der Waals surface area contributed by atoms with E-state index in [9.17, 15) is 19.1 Å². The summed E-state index contributed by atoms with van der Waals surface area (Å²) in [7, 11) is 0. The Hall–Kier alpha value is -3.22. The molecule has 0 aliphatic carbocycles. The second kappa shape index (κ2) is 6.50. The highest BCUT2D eigenvalue weighted by Crippen LogP contribution is 2.34. The number of carbonyl (C=O) groups excluding carboxylic acids is 1. The fraction of sp³-hybridized carbons (Fsp3) is 0.250. The van der Waals surface area contributed by atoms with Crippen LogP contribution in [0.25, 0.3) is 11.0 Å². The van der Waals surface area contributed by atoms with Crippen LogP contribution in [0.2, 0.25) is 0 Å². The lowest BCUT2D eigenvalue weighted by atomic mass is 9.89. The molecule has 7 heteroatoms. The monoisotopic (exact) mass is 367 g/mol. The Bertz CT molecular complexity index is 1030. The fourth-order valence-corrected chi connectivity index (χ4v) is 3.72. The number of nitrogens with one attached hydrogen (secondary N) is 1. The van der Waals surface area contributed by atoms with Crippen molar-refractivity contribution >= 4 is 22.9 Å². The molecule has 3 aromatic rings. The molecule has 6 nitrogen and oxygen atoms in total. The maximum atomic E-state index is 13.2. The summed E-state index contributed by atoms with van der Waals surface area (Å²) in [5.41, 5.74) is 2.74. The number of halogens is 1. The average Bonchev–Trinajstić information content (AvgIpc) is 3.24. The van der Waals surface area contributed by atoms with E-state index in [4.69, 9.17) is 0 Å². The molecule has 1 aliphatic rings. The van der Waals surface area contributed by atoms with E-state index < -0.39 is 11.9 Å². The van der Waals surface area contributed by atoms with E-state index in [1.165, 1.54) is 12.1 Å².